The number of carbonyl (C=O) groups is 1. The van der Waals surface area contributed by atoms with Crippen molar-refractivity contribution >= 4 is 11.9 Å². The first kappa shape index (κ1) is 21.5. The van der Waals surface area contributed by atoms with Gasteiger partial charge in [-0.2, -0.15) is 13.2 Å². The lowest BCUT2D eigenvalue weighted by Gasteiger charge is -2.39. The first-order chi connectivity index (χ1) is 11.7. The number of amides is 1. The Labute approximate surface area is 147 Å². The Morgan fingerprint density at radius 2 is 1.80 bits per heavy atom. The number of nitrogens with zero attached hydrogens (tertiary/aromatic N) is 3. The van der Waals surface area contributed by atoms with Crippen LogP contribution in [0.5, 0.6) is 0 Å². The molecule has 1 rings (SSSR count). The van der Waals surface area contributed by atoms with E-state index >= 15 is 0 Å². The molecule has 25 heavy (non-hydrogen) atoms. The van der Waals surface area contributed by atoms with Crippen molar-refractivity contribution in [2.75, 3.05) is 39.8 Å². The molecule has 0 spiro atoms. The van der Waals surface area contributed by atoms with E-state index < -0.39 is 12.2 Å². The van der Waals surface area contributed by atoms with Crippen molar-refractivity contribution in [3.8, 4) is 0 Å². The molecule has 0 aromatic rings. The van der Waals surface area contributed by atoms with E-state index in [1.54, 1.807) is 7.05 Å². The second kappa shape index (κ2) is 9.84. The monoisotopic (exact) mass is 365 g/mol. The summed E-state index contributed by atoms with van der Waals surface area (Å²) in [4.78, 5) is 19.3. The number of halogens is 3. The van der Waals surface area contributed by atoms with Crippen LogP contribution in [0.3, 0.4) is 0 Å². The molecule has 0 aromatic heterocycles. The predicted octanol–water partition coefficient (Wildman–Crippen LogP) is 1.44. The highest BCUT2D eigenvalue weighted by molar-refractivity contribution is 5.81. The van der Waals surface area contributed by atoms with E-state index in [0.717, 1.165) is 6.42 Å². The van der Waals surface area contributed by atoms with Crippen molar-refractivity contribution in [3.05, 3.63) is 0 Å². The Bertz CT molecular complexity index is 448. The van der Waals surface area contributed by atoms with Gasteiger partial charge in [0, 0.05) is 52.2 Å². The number of piperazine rings is 1. The van der Waals surface area contributed by atoms with Crippen molar-refractivity contribution in [1.82, 2.24) is 20.4 Å². The molecule has 1 aliphatic heterocycles. The van der Waals surface area contributed by atoms with Gasteiger partial charge in [-0.1, -0.05) is 6.92 Å². The number of aliphatic imine (C=N–C) groups is 1. The van der Waals surface area contributed by atoms with E-state index in [-0.39, 0.29) is 11.9 Å². The molecule has 1 amide bonds. The van der Waals surface area contributed by atoms with Crippen LogP contribution in [-0.2, 0) is 4.79 Å². The van der Waals surface area contributed by atoms with Crippen molar-refractivity contribution in [1.29, 1.82) is 0 Å². The zero-order valence-electron chi connectivity index (χ0n) is 15.5. The van der Waals surface area contributed by atoms with E-state index in [2.05, 4.69) is 15.6 Å². The summed E-state index contributed by atoms with van der Waals surface area (Å²) in [5.74, 6) is 0.594. The Hall–Kier alpha value is -1.51. The van der Waals surface area contributed by atoms with Crippen LogP contribution < -0.4 is 10.6 Å². The topological polar surface area (TPSA) is 60.0 Å². The maximum Gasteiger partial charge on any atom is 0.403 e. The molecule has 0 aliphatic carbocycles. The van der Waals surface area contributed by atoms with Gasteiger partial charge in [-0.05, 0) is 20.3 Å². The summed E-state index contributed by atoms with van der Waals surface area (Å²) in [6.07, 6.45) is -3.00. The number of hydrogen-bond acceptors (Lipinski definition) is 3. The lowest BCUT2D eigenvalue weighted by atomic mass is 10.2. The van der Waals surface area contributed by atoms with Crippen LogP contribution in [0.15, 0.2) is 4.99 Å². The molecule has 1 heterocycles. The lowest BCUT2D eigenvalue weighted by molar-refractivity contribution is -0.181. The number of nitrogens with one attached hydrogen (secondary N) is 2. The van der Waals surface area contributed by atoms with Crippen LogP contribution in [0.1, 0.15) is 33.6 Å². The molecule has 146 valence electrons. The molecule has 9 heteroatoms. The third-order valence-corrected chi connectivity index (χ3v) is 4.50. The quantitative estimate of drug-likeness (QED) is 0.552. The zero-order chi connectivity index (χ0) is 19.0. The summed E-state index contributed by atoms with van der Waals surface area (Å²) >= 11 is 0. The first-order valence-electron chi connectivity index (χ1n) is 8.74. The minimum absolute atomic E-state index is 0.0267. The second-order valence-electron chi connectivity index (χ2n) is 6.34. The van der Waals surface area contributed by atoms with Gasteiger partial charge in [-0.15, -0.1) is 0 Å². The molecule has 2 atom stereocenters. The van der Waals surface area contributed by atoms with Crippen LogP contribution in [-0.4, -0.2) is 79.7 Å². The van der Waals surface area contributed by atoms with E-state index in [9.17, 15) is 18.0 Å². The van der Waals surface area contributed by atoms with Crippen molar-refractivity contribution in [2.24, 2.45) is 4.99 Å². The van der Waals surface area contributed by atoms with Gasteiger partial charge in [0.1, 0.15) is 6.04 Å². The van der Waals surface area contributed by atoms with Gasteiger partial charge in [0.2, 0.25) is 5.91 Å². The standard InChI is InChI=1S/C16H30F3N5O/c1-5-12(2)22-14(25)6-7-21-15(20-4)24-10-8-23(9-11-24)13(3)16(17,18)19/h12-13H,5-11H2,1-4H3,(H,20,21)(H,22,25). The van der Waals surface area contributed by atoms with Crippen molar-refractivity contribution in [3.63, 3.8) is 0 Å². The summed E-state index contributed by atoms with van der Waals surface area (Å²) in [5, 5.41) is 6.00. The Kier molecular flexibility index (Phi) is 8.47. The van der Waals surface area contributed by atoms with Crippen LogP contribution in [0.4, 0.5) is 13.2 Å². The zero-order valence-corrected chi connectivity index (χ0v) is 15.5. The molecule has 6 nitrogen and oxygen atoms in total. The third kappa shape index (κ3) is 7.09. The van der Waals surface area contributed by atoms with Crippen LogP contribution in [0.2, 0.25) is 0 Å². The summed E-state index contributed by atoms with van der Waals surface area (Å²) in [6.45, 7) is 7.19. The fourth-order valence-corrected chi connectivity index (χ4v) is 2.60. The molecule has 2 unspecified atom stereocenters. The number of carbonyl (C=O) groups excluding carboxylic acids is 1. The molecule has 0 bridgehead atoms. The Balaban J connectivity index is 2.38. The highest BCUT2D eigenvalue weighted by atomic mass is 19.4. The van der Waals surface area contributed by atoms with Gasteiger partial charge in [0.25, 0.3) is 0 Å². The highest BCUT2D eigenvalue weighted by Gasteiger charge is 2.41. The van der Waals surface area contributed by atoms with Gasteiger partial charge >= 0.3 is 6.18 Å². The SMILES string of the molecule is CCC(C)NC(=O)CCNC(=NC)N1CCN(C(C)C(F)(F)F)CC1. The Morgan fingerprint density at radius 1 is 1.20 bits per heavy atom. The fraction of sp³-hybridized carbons (Fsp3) is 0.875. The summed E-state index contributed by atoms with van der Waals surface area (Å²) < 4.78 is 38.4. The average Bonchev–Trinajstić information content (AvgIpc) is 2.57. The van der Waals surface area contributed by atoms with E-state index in [0.29, 0.717) is 45.1 Å². The van der Waals surface area contributed by atoms with E-state index in [1.165, 1.54) is 11.8 Å². The third-order valence-electron chi connectivity index (χ3n) is 4.50. The number of hydrogen-bond donors (Lipinski definition) is 2. The maximum absolute atomic E-state index is 12.8. The number of alkyl halides is 3. The van der Waals surface area contributed by atoms with Gasteiger partial charge in [0.05, 0.1) is 0 Å². The largest absolute Gasteiger partial charge is 0.403 e. The smallest absolute Gasteiger partial charge is 0.356 e. The van der Waals surface area contributed by atoms with Crippen molar-refractivity contribution < 1.29 is 18.0 Å². The minimum atomic E-state index is -4.20. The molecular formula is C16H30F3N5O. The average molecular weight is 365 g/mol. The van der Waals surface area contributed by atoms with E-state index in [4.69, 9.17) is 0 Å². The number of guanidine groups is 1. The molecule has 1 fully saturated rings. The molecule has 1 aliphatic rings. The summed E-state index contributed by atoms with van der Waals surface area (Å²) in [5.41, 5.74) is 0. The van der Waals surface area contributed by atoms with Gasteiger partial charge in [-0.25, -0.2) is 0 Å². The van der Waals surface area contributed by atoms with Gasteiger partial charge in [0.15, 0.2) is 5.96 Å². The van der Waals surface area contributed by atoms with E-state index in [1.807, 2.05) is 18.7 Å². The summed E-state index contributed by atoms with van der Waals surface area (Å²) in [7, 11) is 1.63. The van der Waals surface area contributed by atoms with Crippen LogP contribution in [0.25, 0.3) is 0 Å². The second-order valence-corrected chi connectivity index (χ2v) is 6.34. The summed E-state index contributed by atoms with van der Waals surface area (Å²) in [6, 6.07) is -1.29. The van der Waals surface area contributed by atoms with Crippen LogP contribution in [0, 0.1) is 0 Å². The fourth-order valence-electron chi connectivity index (χ4n) is 2.60. The predicted molar refractivity (Wildman–Crippen MR) is 92.5 cm³/mol. The molecule has 1 saturated heterocycles. The first-order valence-corrected chi connectivity index (χ1v) is 8.74. The Morgan fingerprint density at radius 3 is 2.28 bits per heavy atom. The maximum atomic E-state index is 12.8. The molecule has 0 saturated carbocycles. The molecule has 0 aromatic carbocycles. The lowest BCUT2D eigenvalue weighted by Crippen LogP contribution is -2.56. The van der Waals surface area contributed by atoms with Crippen LogP contribution >= 0.6 is 0 Å². The normalized spacial score (nSPS) is 19.5. The van der Waals surface area contributed by atoms with Gasteiger partial charge < -0.3 is 15.5 Å². The number of rotatable bonds is 6. The van der Waals surface area contributed by atoms with Crippen molar-refractivity contribution in [2.45, 2.75) is 51.9 Å². The molecule has 2 N–H and O–H groups in total. The highest BCUT2D eigenvalue weighted by Crippen LogP contribution is 2.25. The minimum Gasteiger partial charge on any atom is -0.356 e. The molecular weight excluding hydrogens is 335 g/mol. The molecule has 0 radical (unpaired) electrons. The van der Waals surface area contributed by atoms with Gasteiger partial charge in [-0.3, -0.25) is 14.7 Å².